The van der Waals surface area contributed by atoms with Gasteiger partial charge in [-0.15, -0.1) is 0 Å². The van der Waals surface area contributed by atoms with Gasteiger partial charge in [-0.25, -0.2) is 8.42 Å². The van der Waals surface area contributed by atoms with Crippen molar-refractivity contribution in [3.63, 3.8) is 0 Å². The molecule has 0 N–H and O–H groups in total. The zero-order valence-electron chi connectivity index (χ0n) is 18.7. The number of ketones is 1. The molecule has 0 aromatic heterocycles. The minimum atomic E-state index is -3.77. The van der Waals surface area contributed by atoms with Crippen molar-refractivity contribution in [2.45, 2.75) is 38.5 Å². The second-order valence-electron chi connectivity index (χ2n) is 8.71. The summed E-state index contributed by atoms with van der Waals surface area (Å²) in [6.45, 7) is 5.99. The lowest BCUT2D eigenvalue weighted by atomic mass is 9.77. The van der Waals surface area contributed by atoms with E-state index in [0.717, 1.165) is 16.7 Å². The fourth-order valence-corrected chi connectivity index (χ4v) is 4.75. The molecular weight excluding hydrogens is 418 g/mol. The highest BCUT2D eigenvalue weighted by Gasteiger charge is 2.27. The molecule has 164 valence electrons. The van der Waals surface area contributed by atoms with E-state index in [-0.39, 0.29) is 29.2 Å². The molecule has 32 heavy (non-hydrogen) atoms. The summed E-state index contributed by atoms with van der Waals surface area (Å²) in [5.74, 6) is 12.0. The van der Waals surface area contributed by atoms with Crippen LogP contribution < -0.4 is 0 Å². The zero-order chi connectivity index (χ0) is 23.2. The first kappa shape index (κ1) is 23.5. The Balaban J connectivity index is 1.85. The number of nitrogens with zero attached hydrogens (tertiary/aromatic N) is 1. The van der Waals surface area contributed by atoms with E-state index in [4.69, 9.17) is 0 Å². The number of sulfonamides is 1. The lowest BCUT2D eigenvalue weighted by Crippen LogP contribution is -2.32. The molecule has 0 atom stereocenters. The van der Waals surface area contributed by atoms with Gasteiger partial charge < -0.3 is 0 Å². The van der Waals surface area contributed by atoms with Crippen molar-refractivity contribution in [3.05, 3.63) is 77.4 Å². The minimum absolute atomic E-state index is 0.00830. The predicted molar refractivity (Wildman–Crippen MR) is 127 cm³/mol. The maximum absolute atomic E-state index is 13.2. The molecule has 0 radical (unpaired) electrons. The van der Waals surface area contributed by atoms with Gasteiger partial charge >= 0.3 is 0 Å². The fourth-order valence-electron chi connectivity index (χ4n) is 3.50. The second-order valence-corrected chi connectivity index (χ2v) is 10.6. The van der Waals surface area contributed by atoms with Crippen LogP contribution in [0.4, 0.5) is 0 Å². The molecule has 0 heterocycles. The molecule has 0 amide bonds. The Hall–Kier alpha value is -3.12. The quantitative estimate of drug-likeness (QED) is 0.657. The summed E-state index contributed by atoms with van der Waals surface area (Å²) in [5, 5.41) is 0. The van der Waals surface area contributed by atoms with Gasteiger partial charge in [0.25, 0.3) is 0 Å². The summed E-state index contributed by atoms with van der Waals surface area (Å²) in [7, 11) is -3.77. The van der Waals surface area contributed by atoms with E-state index in [1.54, 1.807) is 30.3 Å². The third-order valence-electron chi connectivity index (χ3n) is 5.08. The van der Waals surface area contributed by atoms with Gasteiger partial charge in [0.05, 0.1) is 18.0 Å². The van der Waals surface area contributed by atoms with E-state index < -0.39 is 10.0 Å². The van der Waals surface area contributed by atoms with Crippen LogP contribution in [0.3, 0.4) is 0 Å². The molecule has 0 bridgehead atoms. The summed E-state index contributed by atoms with van der Waals surface area (Å²) in [5.41, 5.74) is 2.41. The lowest BCUT2D eigenvalue weighted by Gasteiger charge is -2.26. The highest BCUT2D eigenvalue weighted by molar-refractivity contribution is 7.89. The number of allylic oxidation sites excluding steroid dienone is 2. The molecule has 5 heteroatoms. The first-order valence-corrected chi connectivity index (χ1v) is 11.9. The zero-order valence-corrected chi connectivity index (χ0v) is 19.5. The van der Waals surface area contributed by atoms with Crippen molar-refractivity contribution in [1.82, 2.24) is 4.31 Å². The van der Waals surface area contributed by atoms with Crippen LogP contribution in [-0.4, -0.2) is 31.6 Å². The Morgan fingerprint density at radius 1 is 0.906 bits per heavy atom. The van der Waals surface area contributed by atoms with Crippen molar-refractivity contribution in [1.29, 1.82) is 0 Å². The van der Waals surface area contributed by atoms with E-state index in [0.29, 0.717) is 12.8 Å². The molecule has 3 rings (SSSR count). The van der Waals surface area contributed by atoms with Crippen LogP contribution in [0.1, 0.15) is 37.8 Å². The maximum atomic E-state index is 13.2. The van der Waals surface area contributed by atoms with Gasteiger partial charge in [-0.1, -0.05) is 73.4 Å². The average molecular weight is 446 g/mol. The molecule has 0 aliphatic heterocycles. The highest BCUT2D eigenvalue weighted by atomic mass is 32.2. The van der Waals surface area contributed by atoms with E-state index in [9.17, 15) is 13.2 Å². The largest absolute Gasteiger partial charge is 0.295 e. The van der Waals surface area contributed by atoms with E-state index in [1.165, 1.54) is 4.31 Å². The molecule has 4 nitrogen and oxygen atoms in total. The summed E-state index contributed by atoms with van der Waals surface area (Å²) in [4.78, 5) is 12.2. The van der Waals surface area contributed by atoms with Crippen LogP contribution in [0, 0.1) is 36.0 Å². The summed E-state index contributed by atoms with van der Waals surface area (Å²) >= 11 is 0. The van der Waals surface area contributed by atoms with E-state index >= 15 is 0 Å². The van der Waals surface area contributed by atoms with Crippen LogP contribution in [-0.2, 0) is 14.8 Å². The van der Waals surface area contributed by atoms with Gasteiger partial charge in [0.1, 0.15) is 0 Å². The van der Waals surface area contributed by atoms with Crippen molar-refractivity contribution in [2.24, 2.45) is 5.41 Å². The van der Waals surface area contributed by atoms with Crippen LogP contribution in [0.5, 0.6) is 0 Å². The van der Waals surface area contributed by atoms with Gasteiger partial charge in [0, 0.05) is 17.6 Å². The van der Waals surface area contributed by atoms with Crippen LogP contribution in [0.25, 0.3) is 0 Å². The molecule has 0 unspecified atom stereocenters. The summed E-state index contributed by atoms with van der Waals surface area (Å²) in [6, 6.07) is 16.2. The minimum Gasteiger partial charge on any atom is -0.295 e. The molecule has 0 fully saturated rings. The van der Waals surface area contributed by atoms with Gasteiger partial charge in [-0.05, 0) is 49.1 Å². The smallest absolute Gasteiger partial charge is 0.244 e. The predicted octanol–water partition coefficient (Wildman–Crippen LogP) is 4.36. The van der Waals surface area contributed by atoms with Crippen molar-refractivity contribution in [3.8, 4) is 23.7 Å². The lowest BCUT2D eigenvalue weighted by molar-refractivity contribution is -0.116. The number of benzene rings is 2. The first-order valence-electron chi connectivity index (χ1n) is 10.5. The second kappa shape index (κ2) is 10.0. The van der Waals surface area contributed by atoms with E-state index in [2.05, 4.69) is 23.7 Å². The third kappa shape index (κ3) is 6.44. The van der Waals surface area contributed by atoms with E-state index in [1.807, 2.05) is 51.1 Å². The molecule has 1 aliphatic carbocycles. The normalized spacial score (nSPS) is 15.2. The molecule has 2 aromatic rings. The Bertz CT molecular complexity index is 1230. The van der Waals surface area contributed by atoms with Crippen LogP contribution in [0.15, 0.2) is 71.1 Å². The van der Waals surface area contributed by atoms with Crippen LogP contribution in [0.2, 0.25) is 0 Å². The third-order valence-corrected chi connectivity index (χ3v) is 6.89. The Morgan fingerprint density at radius 3 is 2.16 bits per heavy atom. The molecule has 0 saturated heterocycles. The van der Waals surface area contributed by atoms with Gasteiger partial charge in [-0.3, -0.25) is 4.79 Å². The monoisotopic (exact) mass is 445 g/mol. The number of carbonyl (C=O) groups is 1. The Morgan fingerprint density at radius 2 is 1.53 bits per heavy atom. The standard InChI is InChI=1S/C27H27NO3S/c1-22-13-15-26(16-14-22)32(30,31)28(17-7-11-23-9-5-4-6-10-23)18-8-12-24-19-25(29)21-27(2,3)20-24/h4-6,9-10,13-16,19H,17-18,20-21H2,1-3H3. The molecular formula is C27H27NO3S. The fraction of sp³-hybridized carbons (Fsp3) is 0.296. The number of hydrogen-bond donors (Lipinski definition) is 0. The Kier molecular flexibility index (Phi) is 7.36. The van der Waals surface area contributed by atoms with Crippen LogP contribution >= 0.6 is 0 Å². The number of aryl methyl sites for hydroxylation is 1. The molecule has 0 spiro atoms. The summed E-state index contributed by atoms with van der Waals surface area (Å²) in [6.07, 6.45) is 2.78. The number of rotatable bonds is 4. The first-order chi connectivity index (χ1) is 15.2. The topological polar surface area (TPSA) is 54.5 Å². The van der Waals surface area contributed by atoms with Crippen molar-refractivity contribution in [2.75, 3.05) is 13.1 Å². The van der Waals surface area contributed by atoms with Gasteiger partial charge in [0.15, 0.2) is 5.78 Å². The number of carbonyl (C=O) groups excluding carboxylic acids is 1. The van der Waals surface area contributed by atoms with Gasteiger partial charge in [0.2, 0.25) is 10.0 Å². The van der Waals surface area contributed by atoms with Gasteiger partial charge in [-0.2, -0.15) is 4.31 Å². The van der Waals surface area contributed by atoms with Crippen molar-refractivity contribution >= 4 is 15.8 Å². The van der Waals surface area contributed by atoms with Crippen molar-refractivity contribution < 1.29 is 13.2 Å². The highest BCUT2D eigenvalue weighted by Crippen LogP contribution is 2.33. The number of hydrogen-bond acceptors (Lipinski definition) is 3. The average Bonchev–Trinajstić information content (AvgIpc) is 2.72. The molecule has 0 saturated carbocycles. The SMILES string of the molecule is Cc1ccc(S(=O)(=O)N(CC#CC2=CC(=O)CC(C)(C)C2)CC#Cc2ccccc2)cc1. The summed E-state index contributed by atoms with van der Waals surface area (Å²) < 4.78 is 27.8. The Labute approximate surface area is 191 Å². The maximum Gasteiger partial charge on any atom is 0.244 e. The molecule has 1 aliphatic rings. The molecule has 2 aromatic carbocycles.